The van der Waals surface area contributed by atoms with Crippen LogP contribution < -0.4 is 0 Å². The smallest absolute Gasteiger partial charge is 0.384 e. The summed E-state index contributed by atoms with van der Waals surface area (Å²) in [6, 6.07) is 0. The average Bonchev–Trinajstić information content (AvgIpc) is 3.96. The van der Waals surface area contributed by atoms with E-state index in [1.807, 2.05) is 0 Å². The Morgan fingerprint density at radius 2 is 1.20 bits per heavy atom. The summed E-state index contributed by atoms with van der Waals surface area (Å²) in [6.45, 7) is 11.2. The second-order valence-corrected chi connectivity index (χ2v) is 22.9. The molecule has 5 N–H and O–H groups in total. The van der Waals surface area contributed by atoms with Crippen LogP contribution in [0.5, 0.6) is 0 Å². The normalized spacial score (nSPS) is 64.1. The third-order valence-corrected chi connectivity index (χ3v) is 21.3. The summed E-state index contributed by atoms with van der Waals surface area (Å²) >= 11 is 0. The highest BCUT2D eigenvalue weighted by molar-refractivity contribution is 5.93. The van der Waals surface area contributed by atoms with Crippen molar-refractivity contribution in [1.29, 1.82) is 0 Å². The average molecular weight is 759 g/mol. The van der Waals surface area contributed by atoms with Crippen LogP contribution in [-0.4, -0.2) is 72.9 Å². The molecule has 0 radical (unpaired) electrons. The third kappa shape index (κ3) is 4.30. The number of fused-ring (bicyclic) bond motifs is 20. The highest BCUT2D eigenvalue weighted by Crippen LogP contribution is 2.82. The molecule has 0 aromatic carbocycles. The maximum Gasteiger partial charge on any atom is 0.384 e. The third-order valence-electron chi connectivity index (χ3n) is 21.3. The van der Waals surface area contributed by atoms with Crippen molar-refractivity contribution in [2.45, 2.75) is 154 Å². The fourth-order valence-electron chi connectivity index (χ4n) is 18.5. The lowest BCUT2D eigenvalue weighted by Gasteiger charge is -2.64. The van der Waals surface area contributed by atoms with Crippen LogP contribution in [0.1, 0.15) is 125 Å². The zero-order valence-electron chi connectivity index (χ0n) is 33.8. The number of ether oxygens (including phenoxy) is 1. The number of aliphatic hydroxyl groups is 5. The van der Waals surface area contributed by atoms with Gasteiger partial charge >= 0.3 is 5.97 Å². The lowest BCUT2D eigenvalue weighted by atomic mass is 9.42. The first-order chi connectivity index (χ1) is 25.9. The quantitative estimate of drug-likeness (QED) is 0.138. The first-order valence-corrected chi connectivity index (χ1v) is 22.7. The van der Waals surface area contributed by atoms with Crippen molar-refractivity contribution < 1.29 is 39.9 Å². The van der Waals surface area contributed by atoms with Crippen molar-refractivity contribution >= 4 is 11.8 Å². The summed E-state index contributed by atoms with van der Waals surface area (Å²) in [5.74, 6) is 12.3. The molecule has 8 heteroatoms. The molecule has 302 valence electrons. The van der Waals surface area contributed by atoms with E-state index in [1.165, 1.54) is 0 Å². The molecule has 12 aliphatic rings. The molecule has 0 aliphatic heterocycles. The van der Waals surface area contributed by atoms with Crippen LogP contribution in [0.25, 0.3) is 0 Å². The number of rotatable bonds is 1. The van der Waals surface area contributed by atoms with Gasteiger partial charge in [0.2, 0.25) is 0 Å². The van der Waals surface area contributed by atoms with Gasteiger partial charge in [-0.15, -0.1) is 0 Å². The fourth-order valence-corrected chi connectivity index (χ4v) is 18.5. The summed E-state index contributed by atoms with van der Waals surface area (Å²) < 4.78 is 4.99. The van der Waals surface area contributed by atoms with Crippen LogP contribution in [0.3, 0.4) is 0 Å². The van der Waals surface area contributed by atoms with Crippen LogP contribution in [0.2, 0.25) is 0 Å². The van der Waals surface area contributed by atoms with Crippen molar-refractivity contribution in [3.63, 3.8) is 0 Å². The van der Waals surface area contributed by atoms with Gasteiger partial charge in [-0.1, -0.05) is 33.6 Å². The minimum absolute atomic E-state index is 0.0497. The zero-order valence-corrected chi connectivity index (χ0v) is 33.8. The molecule has 55 heavy (non-hydrogen) atoms. The maximum absolute atomic E-state index is 12.9. The van der Waals surface area contributed by atoms with E-state index in [-0.39, 0.29) is 45.7 Å². The predicted octanol–water partition coefficient (Wildman–Crippen LogP) is 5.30. The molecule has 8 nitrogen and oxygen atoms in total. The molecule has 0 aromatic heterocycles. The van der Waals surface area contributed by atoms with Gasteiger partial charge in [-0.2, -0.15) is 0 Å². The molecule has 12 fully saturated rings. The van der Waals surface area contributed by atoms with Gasteiger partial charge < -0.3 is 30.3 Å². The molecule has 0 bridgehead atoms. The second kappa shape index (κ2) is 11.0. The van der Waals surface area contributed by atoms with E-state index < -0.39 is 22.8 Å². The Balaban J connectivity index is 0.000000132. The Hall–Kier alpha value is -1.50. The number of hydrogen-bond acceptors (Lipinski definition) is 8. The lowest BCUT2D eigenvalue weighted by Crippen LogP contribution is -2.65. The Labute approximate surface area is 327 Å². The number of aliphatic hydroxyl groups excluding tert-OH is 2. The first-order valence-electron chi connectivity index (χ1n) is 22.7. The molecule has 12 rings (SSSR count). The van der Waals surface area contributed by atoms with E-state index in [9.17, 15) is 35.1 Å². The number of carbonyl (C=O) groups excluding carboxylic acids is 2. The minimum atomic E-state index is -1.12. The topological polar surface area (TPSA) is 145 Å². The SMILES string of the molecule is CCOC(=O)C#C[C@]1(O)[C@H]2C[C@H]2C2C3C(CC[C@@]21C)[C@@]1(C)CC[C@H](O)C[C@@]1(O)[C@@H]1C[C@H]31.C[C@]12CCC3C(C1[C@@H]1C[C@@H]1C2=O)[C@H]1C[C@H]1[C@]1(O)C[C@@H](O)CC[C@]31C. The van der Waals surface area contributed by atoms with Crippen LogP contribution >= 0.6 is 0 Å². The molecule has 0 aromatic rings. The van der Waals surface area contributed by atoms with Gasteiger partial charge in [-0.25, -0.2) is 4.79 Å². The van der Waals surface area contributed by atoms with Gasteiger partial charge in [0.15, 0.2) is 0 Å². The van der Waals surface area contributed by atoms with Crippen molar-refractivity contribution in [2.75, 3.05) is 6.61 Å². The van der Waals surface area contributed by atoms with Crippen molar-refractivity contribution in [2.24, 2.45) is 105 Å². The molecule has 0 saturated heterocycles. The number of ketones is 1. The highest BCUT2D eigenvalue weighted by atomic mass is 16.5. The molecule has 12 aliphatic carbocycles. The number of carbonyl (C=O) groups is 2. The lowest BCUT2D eigenvalue weighted by molar-refractivity contribution is -0.233. The van der Waals surface area contributed by atoms with E-state index in [0.717, 1.165) is 77.0 Å². The van der Waals surface area contributed by atoms with E-state index in [1.54, 1.807) is 6.92 Å². The largest absolute Gasteiger partial charge is 0.456 e. The Morgan fingerprint density at radius 3 is 1.78 bits per heavy atom. The fraction of sp³-hybridized carbons (Fsp3) is 0.915. The van der Waals surface area contributed by atoms with Gasteiger partial charge in [-0.3, -0.25) is 4.79 Å². The first kappa shape index (κ1) is 36.6. The van der Waals surface area contributed by atoms with Crippen LogP contribution in [0.4, 0.5) is 0 Å². The number of esters is 1. The van der Waals surface area contributed by atoms with Gasteiger partial charge in [0.05, 0.1) is 30.0 Å². The molecular weight excluding hydrogens is 693 g/mol. The molecule has 12 saturated carbocycles. The minimum Gasteiger partial charge on any atom is -0.456 e. The molecule has 0 heterocycles. The van der Waals surface area contributed by atoms with Crippen molar-refractivity contribution in [3.8, 4) is 11.8 Å². The van der Waals surface area contributed by atoms with Crippen LogP contribution in [0, 0.1) is 116 Å². The predicted molar refractivity (Wildman–Crippen MR) is 202 cm³/mol. The van der Waals surface area contributed by atoms with Crippen molar-refractivity contribution in [1.82, 2.24) is 0 Å². The van der Waals surface area contributed by atoms with Gasteiger partial charge in [0, 0.05) is 41.4 Å². The maximum atomic E-state index is 12.9. The molecule has 23 atom stereocenters. The molecule has 0 amide bonds. The summed E-state index contributed by atoms with van der Waals surface area (Å²) in [6.07, 6.45) is 12.2. The number of Topliss-reactive ketones (excluding diaryl/α,β-unsaturated/α-hetero) is 1. The summed E-state index contributed by atoms with van der Waals surface area (Å²) in [5.41, 5.74) is -3.09. The summed E-state index contributed by atoms with van der Waals surface area (Å²) in [5, 5.41) is 56.0. The van der Waals surface area contributed by atoms with Crippen LogP contribution in [0.15, 0.2) is 0 Å². The van der Waals surface area contributed by atoms with E-state index in [4.69, 9.17) is 4.74 Å². The summed E-state index contributed by atoms with van der Waals surface area (Å²) in [4.78, 5) is 24.8. The van der Waals surface area contributed by atoms with E-state index in [2.05, 4.69) is 39.5 Å². The summed E-state index contributed by atoms with van der Waals surface area (Å²) in [7, 11) is 0. The second-order valence-electron chi connectivity index (χ2n) is 22.9. The Bertz CT molecular complexity index is 1790. The zero-order chi connectivity index (χ0) is 38.6. The molecule has 6 unspecified atom stereocenters. The molecule has 0 spiro atoms. The van der Waals surface area contributed by atoms with Crippen molar-refractivity contribution in [3.05, 3.63) is 0 Å². The standard InChI is InChI=1S/C26H36O5.C21H30O3/c1-4-31-20(28)7-10-25(29)19-12-16(19)22-21-15-11-18(15)26(30)13-14(27)5-8-23(26,2)17(21)6-9-24(22,25)3;1-19-5-4-14-16(17(19)11-7-12(11)18(19)23)13-8-15(13)21(24)9-10(22)3-6-20(14,21)2/h14-19,21-22,27,29-30H,4-6,8-9,11-13H2,1-3H3;10-17,22,24H,3-9H2,1-2H3/t14-,15-,16+,17?,18+,19-,21?,22?,23+,24-,25-,26+;10-,11+,12-,13-,14?,15+,16?,17?,19-,20+,21+/m00/s1. The monoisotopic (exact) mass is 758 g/mol. The highest BCUT2D eigenvalue weighted by Gasteiger charge is 2.82. The number of hydrogen-bond donors (Lipinski definition) is 5. The Kier molecular flexibility index (Phi) is 7.32. The van der Waals surface area contributed by atoms with Gasteiger partial charge in [0.1, 0.15) is 11.4 Å². The van der Waals surface area contributed by atoms with Gasteiger partial charge in [-0.05, 0) is 166 Å². The van der Waals surface area contributed by atoms with Crippen LogP contribution in [-0.2, 0) is 14.3 Å². The van der Waals surface area contributed by atoms with E-state index >= 15 is 0 Å². The van der Waals surface area contributed by atoms with E-state index in [0.29, 0.717) is 96.2 Å². The Morgan fingerprint density at radius 1 is 0.673 bits per heavy atom. The molecular formula is C47H66O8. The van der Waals surface area contributed by atoms with Gasteiger partial charge in [0.25, 0.3) is 0 Å².